The summed E-state index contributed by atoms with van der Waals surface area (Å²) in [5, 5.41) is 13.9. The summed E-state index contributed by atoms with van der Waals surface area (Å²) in [6, 6.07) is 12.7. The number of para-hydroxylation sites is 1. The molecule has 0 aromatic heterocycles. The minimum absolute atomic E-state index is 0.0567. The number of carbonyl (C=O) groups is 2. The van der Waals surface area contributed by atoms with E-state index in [1.54, 1.807) is 42.5 Å². The number of ketones is 1. The summed E-state index contributed by atoms with van der Waals surface area (Å²) in [6.45, 7) is 4.04. The molecule has 8 heteroatoms. The fourth-order valence-corrected chi connectivity index (χ4v) is 4.39. The van der Waals surface area contributed by atoms with Gasteiger partial charge in [0.15, 0.2) is 0 Å². The number of amides is 1. The maximum atomic E-state index is 13.4. The first-order chi connectivity index (χ1) is 15.5. The minimum Gasteiger partial charge on any atom is -0.872 e. The predicted octanol–water partition coefficient (Wildman–Crippen LogP) is 0.488. The van der Waals surface area contributed by atoms with Gasteiger partial charge in [0.05, 0.1) is 39.5 Å². The summed E-state index contributed by atoms with van der Waals surface area (Å²) < 4.78 is 10.9. The van der Waals surface area contributed by atoms with E-state index in [1.165, 1.54) is 16.9 Å². The fourth-order valence-electron chi connectivity index (χ4n) is 4.26. The number of hydrogen-bond acceptors (Lipinski definition) is 5. The van der Waals surface area contributed by atoms with Gasteiger partial charge in [0.1, 0.15) is 18.8 Å². The molecule has 2 aliphatic rings. The van der Waals surface area contributed by atoms with Crippen molar-refractivity contribution >= 4 is 29.1 Å². The molecular formula is C24H25ClN2O5. The molecule has 2 aromatic carbocycles. The van der Waals surface area contributed by atoms with Crippen LogP contribution >= 0.6 is 11.6 Å². The SMILES string of the molecule is COc1ccccc1C1C(=C([O-])c2ccc(Cl)cc2)C(=O)C(=O)N1CC[NH+]1CCOCC1. The molecule has 0 bridgehead atoms. The van der Waals surface area contributed by atoms with Crippen LogP contribution in [0.1, 0.15) is 17.2 Å². The van der Waals surface area contributed by atoms with Crippen LogP contribution in [0.25, 0.3) is 5.76 Å². The van der Waals surface area contributed by atoms with Gasteiger partial charge >= 0.3 is 0 Å². The number of likely N-dealkylation sites (tertiary alicyclic amines) is 1. The number of rotatable bonds is 6. The van der Waals surface area contributed by atoms with Gasteiger partial charge < -0.3 is 24.4 Å². The Bertz CT molecular complexity index is 1030. The van der Waals surface area contributed by atoms with Crippen LogP contribution in [-0.2, 0) is 14.3 Å². The summed E-state index contributed by atoms with van der Waals surface area (Å²) in [7, 11) is 1.53. The van der Waals surface area contributed by atoms with Crippen molar-refractivity contribution in [1.82, 2.24) is 4.90 Å². The highest BCUT2D eigenvalue weighted by Crippen LogP contribution is 2.41. The van der Waals surface area contributed by atoms with Crippen molar-refractivity contribution < 1.29 is 29.1 Å². The molecule has 2 heterocycles. The van der Waals surface area contributed by atoms with Crippen molar-refractivity contribution in [2.45, 2.75) is 6.04 Å². The summed E-state index contributed by atoms with van der Waals surface area (Å²) in [5.41, 5.74) is 0.869. The molecule has 0 spiro atoms. The summed E-state index contributed by atoms with van der Waals surface area (Å²) in [4.78, 5) is 29.0. The number of hydrogen-bond donors (Lipinski definition) is 1. The van der Waals surface area contributed by atoms with E-state index in [1.807, 2.05) is 6.07 Å². The molecule has 2 aliphatic heterocycles. The average Bonchev–Trinajstić information content (AvgIpc) is 3.08. The molecule has 32 heavy (non-hydrogen) atoms. The lowest BCUT2D eigenvalue weighted by Crippen LogP contribution is -3.14. The number of ether oxygens (including phenoxy) is 2. The molecule has 168 valence electrons. The lowest BCUT2D eigenvalue weighted by Gasteiger charge is -2.30. The van der Waals surface area contributed by atoms with E-state index in [0.717, 1.165) is 13.1 Å². The fraction of sp³-hybridized carbons (Fsp3) is 0.333. The first-order valence-corrected chi connectivity index (χ1v) is 11.0. The van der Waals surface area contributed by atoms with Crippen molar-refractivity contribution in [3.8, 4) is 5.75 Å². The number of nitrogens with zero attached hydrogens (tertiary/aromatic N) is 1. The summed E-state index contributed by atoms with van der Waals surface area (Å²) in [5.74, 6) is -1.38. The van der Waals surface area contributed by atoms with Crippen LogP contribution in [0, 0.1) is 0 Å². The summed E-state index contributed by atoms with van der Waals surface area (Å²) in [6.07, 6.45) is 0. The van der Waals surface area contributed by atoms with Gasteiger partial charge in [0.2, 0.25) is 5.78 Å². The van der Waals surface area contributed by atoms with Crippen LogP contribution < -0.4 is 14.7 Å². The van der Waals surface area contributed by atoms with Crippen LogP contribution in [0.3, 0.4) is 0 Å². The largest absolute Gasteiger partial charge is 0.872 e. The Morgan fingerprint density at radius 2 is 1.84 bits per heavy atom. The second-order valence-corrected chi connectivity index (χ2v) is 8.27. The van der Waals surface area contributed by atoms with Crippen molar-refractivity contribution in [3.05, 3.63) is 70.3 Å². The third-order valence-electron chi connectivity index (χ3n) is 5.98. The highest BCUT2D eigenvalue weighted by Gasteiger charge is 2.45. The highest BCUT2D eigenvalue weighted by molar-refractivity contribution is 6.46. The Morgan fingerprint density at radius 3 is 2.53 bits per heavy atom. The van der Waals surface area contributed by atoms with Gasteiger partial charge in [-0.3, -0.25) is 9.59 Å². The quantitative estimate of drug-likeness (QED) is 0.388. The van der Waals surface area contributed by atoms with Gasteiger partial charge in [-0.1, -0.05) is 47.7 Å². The Labute approximate surface area is 191 Å². The molecule has 1 amide bonds. The second-order valence-electron chi connectivity index (χ2n) is 7.83. The van der Waals surface area contributed by atoms with Gasteiger partial charge in [0, 0.05) is 16.2 Å². The molecule has 2 aromatic rings. The zero-order valence-corrected chi connectivity index (χ0v) is 18.6. The maximum Gasteiger partial charge on any atom is 0.295 e. The van der Waals surface area contributed by atoms with Crippen molar-refractivity contribution in [2.75, 3.05) is 46.5 Å². The number of morpholine rings is 1. The number of carbonyl (C=O) groups excluding carboxylic acids is 2. The third-order valence-corrected chi connectivity index (χ3v) is 6.23. The summed E-state index contributed by atoms with van der Waals surface area (Å²) >= 11 is 5.96. The lowest BCUT2D eigenvalue weighted by molar-refractivity contribution is -0.907. The number of methoxy groups -OCH3 is 1. The molecule has 1 atom stereocenters. The molecule has 2 fully saturated rings. The molecule has 1 N–H and O–H groups in total. The number of Topliss-reactive ketones (excluding diaryl/α,β-unsaturated/α-hetero) is 1. The van der Waals surface area contributed by atoms with E-state index in [9.17, 15) is 14.7 Å². The molecule has 1 unspecified atom stereocenters. The van der Waals surface area contributed by atoms with Gasteiger partial charge in [-0.15, -0.1) is 0 Å². The zero-order valence-electron chi connectivity index (χ0n) is 17.8. The minimum atomic E-state index is -0.810. The van der Waals surface area contributed by atoms with Crippen LogP contribution in [0.4, 0.5) is 0 Å². The van der Waals surface area contributed by atoms with E-state index in [4.69, 9.17) is 21.1 Å². The van der Waals surface area contributed by atoms with E-state index in [0.29, 0.717) is 48.2 Å². The van der Waals surface area contributed by atoms with Gasteiger partial charge in [0.25, 0.3) is 5.91 Å². The molecule has 7 nitrogen and oxygen atoms in total. The molecule has 0 radical (unpaired) electrons. The van der Waals surface area contributed by atoms with E-state index in [-0.39, 0.29) is 5.57 Å². The van der Waals surface area contributed by atoms with Crippen molar-refractivity contribution in [3.63, 3.8) is 0 Å². The number of nitrogens with one attached hydrogen (secondary N) is 1. The molecule has 4 rings (SSSR count). The second kappa shape index (κ2) is 9.73. The molecular weight excluding hydrogens is 432 g/mol. The molecule has 2 saturated heterocycles. The standard InChI is InChI=1S/C24H25ClN2O5/c1-31-19-5-3-2-4-18(19)21-20(22(28)16-6-8-17(25)9-7-16)23(29)24(30)27(21)11-10-26-12-14-32-15-13-26/h2-9,21,28H,10-15H2,1H3. The van der Waals surface area contributed by atoms with Crippen molar-refractivity contribution in [1.29, 1.82) is 0 Å². The number of benzene rings is 2. The van der Waals surface area contributed by atoms with E-state index in [2.05, 4.69) is 0 Å². The third kappa shape index (κ3) is 4.37. The Balaban J connectivity index is 1.77. The molecule has 0 saturated carbocycles. The maximum absolute atomic E-state index is 13.4. The molecule has 0 aliphatic carbocycles. The topological polar surface area (TPSA) is 83.3 Å². The van der Waals surface area contributed by atoms with Crippen LogP contribution in [0.5, 0.6) is 5.75 Å². The number of quaternary nitrogens is 1. The van der Waals surface area contributed by atoms with Crippen LogP contribution in [-0.4, -0.2) is 63.1 Å². The number of halogens is 1. The lowest BCUT2D eigenvalue weighted by atomic mass is 9.94. The monoisotopic (exact) mass is 456 g/mol. The highest BCUT2D eigenvalue weighted by atomic mass is 35.5. The van der Waals surface area contributed by atoms with Gasteiger partial charge in [-0.25, -0.2) is 0 Å². The van der Waals surface area contributed by atoms with E-state index >= 15 is 0 Å². The Hall–Kier alpha value is -2.87. The average molecular weight is 457 g/mol. The van der Waals surface area contributed by atoms with Crippen LogP contribution in [0.15, 0.2) is 54.1 Å². The Morgan fingerprint density at radius 1 is 1.16 bits per heavy atom. The first kappa shape index (κ1) is 22.3. The Kier molecular flexibility index (Phi) is 6.79. The van der Waals surface area contributed by atoms with E-state index < -0.39 is 23.5 Å². The predicted molar refractivity (Wildman–Crippen MR) is 117 cm³/mol. The van der Waals surface area contributed by atoms with Crippen molar-refractivity contribution in [2.24, 2.45) is 0 Å². The normalized spacial score (nSPS) is 21.2. The van der Waals surface area contributed by atoms with Crippen LogP contribution in [0.2, 0.25) is 5.02 Å². The smallest absolute Gasteiger partial charge is 0.295 e. The van der Waals surface area contributed by atoms with Gasteiger partial charge in [-0.2, -0.15) is 0 Å². The first-order valence-electron chi connectivity index (χ1n) is 10.6. The zero-order chi connectivity index (χ0) is 22.7. The van der Waals surface area contributed by atoms with Gasteiger partial charge in [-0.05, 0) is 23.8 Å².